The molecule has 0 aliphatic heterocycles. The lowest BCUT2D eigenvalue weighted by Gasteiger charge is -2.07. The SMILES string of the molecule is COCCNc1ccc2c(c1)CCC2. The van der Waals surface area contributed by atoms with Crippen LogP contribution in [-0.4, -0.2) is 20.3 Å². The van der Waals surface area contributed by atoms with Crippen molar-refractivity contribution in [3.8, 4) is 0 Å². The zero-order valence-electron chi connectivity index (χ0n) is 8.68. The third-order valence-corrected chi connectivity index (χ3v) is 2.73. The Balaban J connectivity index is 1.98. The molecule has 0 saturated carbocycles. The molecule has 0 aromatic heterocycles. The molecule has 0 radical (unpaired) electrons. The van der Waals surface area contributed by atoms with Gasteiger partial charge in [-0.3, -0.25) is 0 Å². The first kappa shape index (κ1) is 9.53. The van der Waals surface area contributed by atoms with Crippen LogP contribution in [0.1, 0.15) is 17.5 Å². The molecule has 0 spiro atoms. The minimum Gasteiger partial charge on any atom is -0.383 e. The number of benzene rings is 1. The van der Waals surface area contributed by atoms with Gasteiger partial charge in [-0.25, -0.2) is 0 Å². The lowest BCUT2D eigenvalue weighted by Crippen LogP contribution is -2.07. The molecule has 2 nitrogen and oxygen atoms in total. The van der Waals surface area contributed by atoms with Crippen LogP contribution in [0.25, 0.3) is 0 Å². The Hall–Kier alpha value is -1.02. The van der Waals surface area contributed by atoms with Gasteiger partial charge in [0.2, 0.25) is 0 Å². The van der Waals surface area contributed by atoms with Crippen LogP contribution in [0.5, 0.6) is 0 Å². The Bertz CT molecular complexity index is 309. The second-order valence-electron chi connectivity index (χ2n) is 3.76. The van der Waals surface area contributed by atoms with Gasteiger partial charge in [0, 0.05) is 19.3 Å². The van der Waals surface area contributed by atoms with Crippen molar-refractivity contribution in [2.45, 2.75) is 19.3 Å². The van der Waals surface area contributed by atoms with Gasteiger partial charge >= 0.3 is 0 Å². The number of hydrogen-bond donors (Lipinski definition) is 1. The third kappa shape index (κ3) is 2.07. The molecule has 0 amide bonds. The molecule has 14 heavy (non-hydrogen) atoms. The highest BCUT2D eigenvalue weighted by molar-refractivity contribution is 5.50. The first-order valence-electron chi connectivity index (χ1n) is 5.25. The van der Waals surface area contributed by atoms with Crippen molar-refractivity contribution < 1.29 is 4.74 Å². The molecule has 1 aliphatic carbocycles. The largest absolute Gasteiger partial charge is 0.383 e. The first-order chi connectivity index (χ1) is 6.90. The van der Waals surface area contributed by atoms with Crippen LogP contribution < -0.4 is 5.32 Å². The maximum absolute atomic E-state index is 4.99. The molecule has 0 saturated heterocycles. The van der Waals surface area contributed by atoms with Gasteiger partial charge in [0.1, 0.15) is 0 Å². The molecular formula is C12H17NO. The number of ether oxygens (including phenoxy) is 1. The Labute approximate surface area is 85.3 Å². The van der Waals surface area contributed by atoms with Gasteiger partial charge in [0.15, 0.2) is 0 Å². The lowest BCUT2D eigenvalue weighted by molar-refractivity contribution is 0.211. The molecule has 0 heterocycles. The fourth-order valence-electron chi connectivity index (χ4n) is 1.98. The van der Waals surface area contributed by atoms with Gasteiger partial charge < -0.3 is 10.1 Å². The van der Waals surface area contributed by atoms with E-state index >= 15 is 0 Å². The van der Waals surface area contributed by atoms with E-state index in [2.05, 4.69) is 23.5 Å². The number of hydrogen-bond acceptors (Lipinski definition) is 2. The van der Waals surface area contributed by atoms with E-state index in [-0.39, 0.29) is 0 Å². The monoisotopic (exact) mass is 191 g/mol. The summed E-state index contributed by atoms with van der Waals surface area (Å²) < 4.78 is 4.99. The molecule has 0 atom stereocenters. The average Bonchev–Trinajstić information content (AvgIpc) is 2.65. The molecule has 0 fully saturated rings. The van der Waals surface area contributed by atoms with Crippen LogP contribution >= 0.6 is 0 Å². The minimum atomic E-state index is 0.761. The topological polar surface area (TPSA) is 21.3 Å². The molecule has 76 valence electrons. The van der Waals surface area contributed by atoms with Crippen molar-refractivity contribution in [3.63, 3.8) is 0 Å². The minimum absolute atomic E-state index is 0.761. The van der Waals surface area contributed by atoms with E-state index in [9.17, 15) is 0 Å². The summed E-state index contributed by atoms with van der Waals surface area (Å²) in [6, 6.07) is 6.69. The summed E-state index contributed by atoms with van der Waals surface area (Å²) in [5, 5.41) is 3.35. The Morgan fingerprint density at radius 2 is 2.14 bits per heavy atom. The summed E-state index contributed by atoms with van der Waals surface area (Å²) in [5.41, 5.74) is 4.28. The quantitative estimate of drug-likeness (QED) is 0.737. The van der Waals surface area contributed by atoms with Crippen molar-refractivity contribution in [3.05, 3.63) is 29.3 Å². The number of anilines is 1. The highest BCUT2D eigenvalue weighted by Crippen LogP contribution is 2.24. The Morgan fingerprint density at radius 1 is 1.29 bits per heavy atom. The lowest BCUT2D eigenvalue weighted by atomic mass is 10.1. The van der Waals surface area contributed by atoms with Gasteiger partial charge in [-0.05, 0) is 42.5 Å². The summed E-state index contributed by atoms with van der Waals surface area (Å²) in [4.78, 5) is 0. The highest BCUT2D eigenvalue weighted by Gasteiger charge is 2.10. The summed E-state index contributed by atoms with van der Waals surface area (Å²) in [6.07, 6.45) is 3.82. The zero-order chi connectivity index (χ0) is 9.80. The number of methoxy groups -OCH3 is 1. The van der Waals surface area contributed by atoms with Gasteiger partial charge in [0.25, 0.3) is 0 Å². The summed E-state index contributed by atoms with van der Waals surface area (Å²) in [5.74, 6) is 0. The average molecular weight is 191 g/mol. The van der Waals surface area contributed by atoms with Crippen molar-refractivity contribution in [2.75, 3.05) is 25.6 Å². The summed E-state index contributed by atoms with van der Waals surface area (Å²) in [7, 11) is 1.73. The maximum atomic E-state index is 4.99. The smallest absolute Gasteiger partial charge is 0.0635 e. The van der Waals surface area contributed by atoms with E-state index in [1.165, 1.54) is 36.1 Å². The standard InChI is InChI=1S/C12H17NO/c1-14-8-7-13-12-6-5-10-3-2-4-11(10)9-12/h5-6,9,13H,2-4,7-8H2,1H3. The fraction of sp³-hybridized carbons (Fsp3) is 0.500. The van der Waals surface area contributed by atoms with Crippen molar-refractivity contribution >= 4 is 5.69 Å². The number of fused-ring (bicyclic) bond motifs is 1. The molecule has 1 aliphatic rings. The third-order valence-electron chi connectivity index (χ3n) is 2.73. The summed E-state index contributed by atoms with van der Waals surface area (Å²) >= 11 is 0. The van der Waals surface area contributed by atoms with Gasteiger partial charge in [-0.2, -0.15) is 0 Å². The van der Waals surface area contributed by atoms with Gasteiger partial charge in [-0.1, -0.05) is 6.07 Å². The van der Waals surface area contributed by atoms with E-state index in [0.29, 0.717) is 0 Å². The number of aryl methyl sites for hydroxylation is 2. The molecule has 2 heteroatoms. The zero-order valence-corrected chi connectivity index (χ0v) is 8.68. The van der Waals surface area contributed by atoms with Crippen LogP contribution in [0.4, 0.5) is 5.69 Å². The second kappa shape index (κ2) is 4.47. The van der Waals surface area contributed by atoms with E-state index in [4.69, 9.17) is 4.74 Å². The predicted molar refractivity (Wildman–Crippen MR) is 58.8 cm³/mol. The van der Waals surface area contributed by atoms with E-state index < -0.39 is 0 Å². The first-order valence-corrected chi connectivity index (χ1v) is 5.25. The predicted octanol–water partition coefficient (Wildman–Crippen LogP) is 2.23. The van der Waals surface area contributed by atoms with Crippen LogP contribution in [0.2, 0.25) is 0 Å². The molecule has 0 bridgehead atoms. The Morgan fingerprint density at radius 3 is 3.00 bits per heavy atom. The number of nitrogens with one attached hydrogen (secondary N) is 1. The highest BCUT2D eigenvalue weighted by atomic mass is 16.5. The molecule has 1 aromatic rings. The normalized spacial score (nSPS) is 14.1. The van der Waals surface area contributed by atoms with Gasteiger partial charge in [-0.15, -0.1) is 0 Å². The van der Waals surface area contributed by atoms with Crippen LogP contribution in [0.15, 0.2) is 18.2 Å². The molecule has 1 aromatic carbocycles. The Kier molecular flexibility index (Phi) is 3.04. The van der Waals surface area contributed by atoms with E-state index in [1.807, 2.05) is 0 Å². The van der Waals surface area contributed by atoms with Gasteiger partial charge in [0.05, 0.1) is 6.61 Å². The second-order valence-corrected chi connectivity index (χ2v) is 3.76. The van der Waals surface area contributed by atoms with Crippen molar-refractivity contribution in [2.24, 2.45) is 0 Å². The van der Waals surface area contributed by atoms with Crippen LogP contribution in [0.3, 0.4) is 0 Å². The number of rotatable bonds is 4. The molecular weight excluding hydrogens is 174 g/mol. The van der Waals surface area contributed by atoms with Crippen molar-refractivity contribution in [1.29, 1.82) is 0 Å². The summed E-state index contributed by atoms with van der Waals surface area (Å²) in [6.45, 7) is 1.65. The van der Waals surface area contributed by atoms with Crippen LogP contribution in [-0.2, 0) is 17.6 Å². The maximum Gasteiger partial charge on any atom is 0.0635 e. The van der Waals surface area contributed by atoms with E-state index in [0.717, 1.165) is 13.2 Å². The molecule has 2 rings (SSSR count). The molecule has 0 unspecified atom stereocenters. The van der Waals surface area contributed by atoms with E-state index in [1.54, 1.807) is 7.11 Å². The fourth-order valence-corrected chi connectivity index (χ4v) is 1.98. The molecule has 1 N–H and O–H groups in total. The van der Waals surface area contributed by atoms with Crippen LogP contribution in [0, 0.1) is 0 Å². The van der Waals surface area contributed by atoms with Crippen molar-refractivity contribution in [1.82, 2.24) is 0 Å².